The van der Waals surface area contributed by atoms with Gasteiger partial charge in [-0.3, -0.25) is 19.8 Å². The van der Waals surface area contributed by atoms with Crippen LogP contribution in [0.2, 0.25) is 0 Å². The number of nitrogens with one attached hydrogen (secondary N) is 2. The molecule has 0 spiro atoms. The number of amides is 4. The summed E-state index contributed by atoms with van der Waals surface area (Å²) in [5.41, 5.74) is -3.35. The molecule has 1 atom stereocenters. The third-order valence-corrected chi connectivity index (χ3v) is 4.25. The van der Waals surface area contributed by atoms with Gasteiger partial charge in [-0.25, -0.2) is 4.79 Å². The minimum atomic E-state index is -5.12. The average Bonchev–Trinajstić information content (AvgIpc) is 3.04. The molecule has 0 radical (unpaired) electrons. The van der Waals surface area contributed by atoms with Crippen LogP contribution in [-0.4, -0.2) is 40.6 Å². The van der Waals surface area contributed by atoms with Crippen LogP contribution < -0.4 is 10.6 Å². The van der Waals surface area contributed by atoms with Crippen LogP contribution in [0.4, 0.5) is 18.0 Å². The van der Waals surface area contributed by atoms with Crippen molar-refractivity contribution in [3.63, 3.8) is 0 Å². The molecule has 0 aromatic carbocycles. The highest BCUT2D eigenvalue weighted by atomic mass is 19.4. The number of urea groups is 1. The fraction of sp³-hybridized carbons (Fsp3) is 0.786. The summed E-state index contributed by atoms with van der Waals surface area (Å²) in [5, 5.41) is 3.39. The number of hydrogen-bond acceptors (Lipinski definition) is 3. The lowest BCUT2D eigenvalue weighted by Crippen LogP contribution is -2.69. The monoisotopic (exact) mass is 335 g/mol. The van der Waals surface area contributed by atoms with Crippen LogP contribution in [0.5, 0.6) is 0 Å². The van der Waals surface area contributed by atoms with Gasteiger partial charge in [0.05, 0.1) is 0 Å². The van der Waals surface area contributed by atoms with E-state index in [9.17, 15) is 27.6 Å². The Morgan fingerprint density at radius 3 is 2.48 bits per heavy atom. The molecule has 1 saturated carbocycles. The van der Waals surface area contributed by atoms with E-state index in [4.69, 9.17) is 0 Å². The molecule has 6 nitrogen and oxygen atoms in total. The molecule has 1 aliphatic carbocycles. The van der Waals surface area contributed by atoms with Gasteiger partial charge in [0.25, 0.3) is 11.6 Å². The molecule has 0 aromatic rings. The van der Waals surface area contributed by atoms with Crippen LogP contribution in [0.15, 0.2) is 0 Å². The molecular formula is C14H20F3N3O3. The van der Waals surface area contributed by atoms with Crippen molar-refractivity contribution >= 4 is 17.8 Å². The van der Waals surface area contributed by atoms with Crippen LogP contribution in [0.1, 0.15) is 51.9 Å². The van der Waals surface area contributed by atoms with Gasteiger partial charge in [-0.05, 0) is 19.3 Å². The molecular weight excluding hydrogens is 315 g/mol. The summed E-state index contributed by atoms with van der Waals surface area (Å²) in [7, 11) is 0. The van der Waals surface area contributed by atoms with E-state index in [1.165, 1.54) is 0 Å². The van der Waals surface area contributed by atoms with E-state index >= 15 is 0 Å². The Labute approximate surface area is 131 Å². The Bertz CT molecular complexity index is 503. The molecule has 2 aliphatic rings. The van der Waals surface area contributed by atoms with Crippen molar-refractivity contribution in [2.24, 2.45) is 0 Å². The van der Waals surface area contributed by atoms with Gasteiger partial charge in [-0.2, -0.15) is 13.2 Å². The molecule has 130 valence electrons. The number of carbonyl (C=O) groups is 3. The van der Waals surface area contributed by atoms with Crippen LogP contribution >= 0.6 is 0 Å². The summed E-state index contributed by atoms with van der Waals surface area (Å²) in [4.78, 5) is 36.7. The van der Waals surface area contributed by atoms with E-state index in [1.54, 1.807) is 17.6 Å². The first-order chi connectivity index (χ1) is 10.7. The van der Waals surface area contributed by atoms with E-state index < -0.39 is 35.7 Å². The second-order valence-corrected chi connectivity index (χ2v) is 5.94. The molecule has 2 fully saturated rings. The molecule has 9 heteroatoms. The summed E-state index contributed by atoms with van der Waals surface area (Å²) >= 11 is 0. The predicted molar refractivity (Wildman–Crippen MR) is 74.1 cm³/mol. The normalized spacial score (nSPS) is 25.8. The summed E-state index contributed by atoms with van der Waals surface area (Å²) in [6, 6.07) is -1.64. The quantitative estimate of drug-likeness (QED) is 0.755. The maximum absolute atomic E-state index is 13.5. The van der Waals surface area contributed by atoms with Gasteiger partial charge in [0.15, 0.2) is 0 Å². The highest BCUT2D eigenvalue weighted by molar-refractivity contribution is 6.09. The largest absolute Gasteiger partial charge is 0.440 e. The summed E-state index contributed by atoms with van der Waals surface area (Å²) in [6.45, 7) is 1.79. The second-order valence-electron chi connectivity index (χ2n) is 5.94. The Morgan fingerprint density at radius 1 is 1.35 bits per heavy atom. The van der Waals surface area contributed by atoms with Crippen molar-refractivity contribution in [2.75, 3.05) is 0 Å². The molecule has 4 amide bonds. The fourth-order valence-corrected chi connectivity index (χ4v) is 3.00. The lowest BCUT2D eigenvalue weighted by atomic mass is 10.1. The number of rotatable bonds is 5. The van der Waals surface area contributed by atoms with Crippen LogP contribution in [0.25, 0.3) is 0 Å². The van der Waals surface area contributed by atoms with E-state index in [0.29, 0.717) is 30.6 Å². The standard InChI is InChI=1S/C14H20F3N3O3/c1-2-3-8-10(21)18-13(14(15,16)17)11(22)20(12(23)19-13)9-6-4-5-7-9/h9H,2-8H2,1H3,(H,18,21)(H,19,23)/t13-/m0/s1. The first-order valence-corrected chi connectivity index (χ1v) is 7.76. The van der Waals surface area contributed by atoms with E-state index in [0.717, 1.165) is 12.8 Å². The number of carbonyl (C=O) groups excluding carboxylic acids is 3. The number of nitrogens with zero attached hydrogens (tertiary/aromatic N) is 1. The van der Waals surface area contributed by atoms with Gasteiger partial charge >= 0.3 is 12.2 Å². The Balaban J connectivity index is 2.26. The topological polar surface area (TPSA) is 78.5 Å². The van der Waals surface area contributed by atoms with Crippen molar-refractivity contribution in [1.82, 2.24) is 15.5 Å². The minimum absolute atomic E-state index is 0.138. The second kappa shape index (κ2) is 6.37. The maximum atomic E-state index is 13.5. The number of imide groups is 1. The third kappa shape index (κ3) is 3.13. The van der Waals surface area contributed by atoms with E-state index in [-0.39, 0.29) is 6.42 Å². The zero-order valence-corrected chi connectivity index (χ0v) is 12.8. The Morgan fingerprint density at radius 2 is 1.96 bits per heavy atom. The highest BCUT2D eigenvalue weighted by Crippen LogP contribution is 2.37. The molecule has 0 aromatic heterocycles. The van der Waals surface area contributed by atoms with E-state index in [2.05, 4.69) is 0 Å². The van der Waals surface area contributed by atoms with Crippen LogP contribution in [0, 0.1) is 0 Å². The van der Waals surface area contributed by atoms with Gasteiger partial charge < -0.3 is 5.32 Å². The van der Waals surface area contributed by atoms with E-state index in [1.807, 2.05) is 0 Å². The van der Waals surface area contributed by atoms with Crippen molar-refractivity contribution < 1.29 is 27.6 Å². The zero-order chi connectivity index (χ0) is 17.3. The van der Waals surface area contributed by atoms with Gasteiger partial charge in [0, 0.05) is 12.5 Å². The fourth-order valence-electron chi connectivity index (χ4n) is 3.00. The maximum Gasteiger partial charge on any atom is 0.440 e. The van der Waals surface area contributed by atoms with Crippen molar-refractivity contribution in [3.05, 3.63) is 0 Å². The number of alkyl halides is 3. The lowest BCUT2D eigenvalue weighted by Gasteiger charge is -2.30. The highest BCUT2D eigenvalue weighted by Gasteiger charge is 2.69. The van der Waals surface area contributed by atoms with Crippen molar-refractivity contribution in [2.45, 2.75) is 69.8 Å². The lowest BCUT2D eigenvalue weighted by molar-refractivity contribution is -0.204. The summed E-state index contributed by atoms with van der Waals surface area (Å²) in [5.74, 6) is -2.35. The molecule has 0 unspecified atom stereocenters. The summed E-state index contributed by atoms with van der Waals surface area (Å²) in [6.07, 6.45) is -1.76. The molecule has 1 saturated heterocycles. The van der Waals surface area contributed by atoms with Crippen molar-refractivity contribution in [1.29, 1.82) is 0 Å². The summed E-state index contributed by atoms with van der Waals surface area (Å²) < 4.78 is 40.5. The molecule has 1 aliphatic heterocycles. The number of hydrogen-bond donors (Lipinski definition) is 2. The predicted octanol–water partition coefficient (Wildman–Crippen LogP) is 2.05. The molecule has 2 N–H and O–H groups in total. The Hall–Kier alpha value is -1.80. The number of unbranched alkanes of at least 4 members (excludes halogenated alkanes) is 1. The van der Waals surface area contributed by atoms with Gasteiger partial charge in [-0.1, -0.05) is 26.2 Å². The first kappa shape index (κ1) is 17.6. The van der Waals surface area contributed by atoms with Gasteiger partial charge in [0.2, 0.25) is 5.91 Å². The van der Waals surface area contributed by atoms with Gasteiger partial charge in [0.1, 0.15) is 0 Å². The Kier molecular flexibility index (Phi) is 4.86. The molecule has 2 rings (SSSR count). The molecule has 23 heavy (non-hydrogen) atoms. The van der Waals surface area contributed by atoms with Gasteiger partial charge in [-0.15, -0.1) is 0 Å². The number of halogens is 3. The SMILES string of the molecule is CCCCC(=O)N[C@]1(C(F)(F)F)NC(=O)N(C2CCCC2)C1=O. The zero-order valence-electron chi connectivity index (χ0n) is 12.8. The molecule has 0 bridgehead atoms. The first-order valence-electron chi connectivity index (χ1n) is 7.76. The molecule has 1 heterocycles. The average molecular weight is 335 g/mol. The third-order valence-electron chi connectivity index (χ3n) is 4.25. The minimum Gasteiger partial charge on any atom is -0.318 e. The van der Waals surface area contributed by atoms with Crippen LogP contribution in [0.3, 0.4) is 0 Å². The van der Waals surface area contributed by atoms with Crippen molar-refractivity contribution in [3.8, 4) is 0 Å². The smallest absolute Gasteiger partial charge is 0.318 e. The van der Waals surface area contributed by atoms with Crippen LogP contribution in [-0.2, 0) is 9.59 Å².